The van der Waals surface area contributed by atoms with Crippen molar-refractivity contribution in [2.45, 2.75) is 90.6 Å². The summed E-state index contributed by atoms with van der Waals surface area (Å²) in [6.07, 6.45) is 15.1. The lowest BCUT2D eigenvalue weighted by Gasteiger charge is -2.34. The predicted molar refractivity (Wildman–Crippen MR) is 79.8 cm³/mol. The van der Waals surface area contributed by atoms with Crippen molar-refractivity contribution in [3.05, 3.63) is 11.6 Å². The molecule has 2 rings (SSSR count). The summed E-state index contributed by atoms with van der Waals surface area (Å²) < 4.78 is 0. The van der Waals surface area contributed by atoms with Crippen molar-refractivity contribution in [1.29, 1.82) is 0 Å². The third-order valence-electron chi connectivity index (χ3n) is 4.32. The minimum absolute atomic E-state index is 0.333. The highest BCUT2D eigenvalue weighted by Crippen LogP contribution is 2.30. The van der Waals surface area contributed by atoms with Gasteiger partial charge < -0.3 is 5.32 Å². The summed E-state index contributed by atoms with van der Waals surface area (Å²) in [7, 11) is 0. The molecule has 0 aromatic heterocycles. The number of nitrogens with one attached hydrogen (secondary N) is 1. The van der Waals surface area contributed by atoms with Gasteiger partial charge in [-0.25, -0.2) is 0 Å². The second-order valence-electron chi connectivity index (χ2n) is 7.39. The van der Waals surface area contributed by atoms with Crippen LogP contribution in [0.5, 0.6) is 0 Å². The van der Waals surface area contributed by atoms with Gasteiger partial charge in [-0.1, -0.05) is 58.1 Å². The van der Waals surface area contributed by atoms with Gasteiger partial charge in [-0.05, 0) is 37.5 Å². The van der Waals surface area contributed by atoms with Crippen molar-refractivity contribution in [2.75, 3.05) is 0 Å². The monoisotopic (exact) mass is 249 g/mol. The first kappa shape index (κ1) is 14.1. The highest BCUT2D eigenvalue weighted by atomic mass is 15.0. The molecule has 0 amide bonds. The van der Waals surface area contributed by atoms with Crippen molar-refractivity contribution in [1.82, 2.24) is 5.32 Å². The van der Waals surface area contributed by atoms with E-state index >= 15 is 0 Å². The molecule has 1 N–H and O–H groups in total. The zero-order valence-corrected chi connectivity index (χ0v) is 12.6. The summed E-state index contributed by atoms with van der Waals surface area (Å²) in [6, 6.07) is 1.48. The molecule has 2 fully saturated rings. The molecule has 1 nitrogen and oxygen atoms in total. The van der Waals surface area contributed by atoms with Gasteiger partial charge in [0.05, 0.1) is 0 Å². The molecule has 2 saturated carbocycles. The summed E-state index contributed by atoms with van der Waals surface area (Å²) in [5.74, 6) is 0. The van der Waals surface area contributed by atoms with Crippen LogP contribution >= 0.6 is 0 Å². The van der Waals surface area contributed by atoms with Crippen molar-refractivity contribution in [3.63, 3.8) is 0 Å². The van der Waals surface area contributed by atoms with E-state index in [4.69, 9.17) is 0 Å². The van der Waals surface area contributed by atoms with Crippen LogP contribution in [0.15, 0.2) is 11.6 Å². The number of hydrogen-bond acceptors (Lipinski definition) is 1. The maximum absolute atomic E-state index is 3.96. The molecular weight excluding hydrogens is 218 g/mol. The number of allylic oxidation sites excluding steroid dienone is 1. The van der Waals surface area contributed by atoms with Gasteiger partial charge >= 0.3 is 0 Å². The first-order valence-electron chi connectivity index (χ1n) is 8.02. The van der Waals surface area contributed by atoms with Crippen LogP contribution in [0.25, 0.3) is 0 Å². The molecule has 1 atom stereocenters. The standard InChI is InChI=1S/C17H31N/c1-17(2,3)13-14-9-7-8-12-16(14)18-15-10-5-4-6-11-15/h13,15-16,18H,4-12H2,1-3H3. The first-order chi connectivity index (χ1) is 8.54. The Morgan fingerprint density at radius 2 is 1.61 bits per heavy atom. The Hall–Kier alpha value is -0.300. The van der Waals surface area contributed by atoms with E-state index in [1.165, 1.54) is 57.8 Å². The molecular formula is C17H31N. The van der Waals surface area contributed by atoms with Gasteiger partial charge in [0.25, 0.3) is 0 Å². The van der Waals surface area contributed by atoms with E-state index in [2.05, 4.69) is 32.2 Å². The van der Waals surface area contributed by atoms with Crippen LogP contribution in [0.1, 0.15) is 78.6 Å². The molecule has 0 aliphatic heterocycles. The SMILES string of the molecule is CC(C)(C)C=C1CCCCC1NC1CCCCC1. The van der Waals surface area contributed by atoms with Crippen molar-refractivity contribution in [2.24, 2.45) is 5.41 Å². The number of hydrogen-bond donors (Lipinski definition) is 1. The largest absolute Gasteiger partial charge is 0.307 e. The zero-order chi connectivity index (χ0) is 13.0. The molecule has 0 saturated heterocycles. The average molecular weight is 249 g/mol. The molecule has 0 aromatic carbocycles. The number of rotatable bonds is 2. The lowest BCUT2D eigenvalue weighted by Crippen LogP contribution is -2.42. The third-order valence-corrected chi connectivity index (χ3v) is 4.32. The van der Waals surface area contributed by atoms with Gasteiger partial charge in [0.2, 0.25) is 0 Å². The Morgan fingerprint density at radius 3 is 2.28 bits per heavy atom. The maximum atomic E-state index is 3.96. The van der Waals surface area contributed by atoms with Gasteiger partial charge in [-0.3, -0.25) is 0 Å². The van der Waals surface area contributed by atoms with Gasteiger partial charge in [0, 0.05) is 12.1 Å². The Balaban J connectivity index is 1.96. The van der Waals surface area contributed by atoms with Gasteiger partial charge in [0.1, 0.15) is 0 Å². The maximum Gasteiger partial charge on any atom is 0.0282 e. The van der Waals surface area contributed by atoms with E-state index in [1.54, 1.807) is 5.57 Å². The predicted octanol–water partition coefficient (Wildman–Crippen LogP) is 4.82. The van der Waals surface area contributed by atoms with E-state index in [0.29, 0.717) is 11.5 Å². The van der Waals surface area contributed by atoms with Crippen molar-refractivity contribution >= 4 is 0 Å². The average Bonchev–Trinajstić information content (AvgIpc) is 2.31. The third kappa shape index (κ3) is 4.42. The van der Waals surface area contributed by atoms with E-state index in [1.807, 2.05) is 0 Å². The van der Waals surface area contributed by atoms with Crippen LogP contribution in [-0.2, 0) is 0 Å². The van der Waals surface area contributed by atoms with Crippen LogP contribution in [0.4, 0.5) is 0 Å². The van der Waals surface area contributed by atoms with Crippen molar-refractivity contribution in [3.8, 4) is 0 Å². The van der Waals surface area contributed by atoms with E-state index < -0.39 is 0 Å². The Morgan fingerprint density at radius 1 is 0.944 bits per heavy atom. The van der Waals surface area contributed by atoms with Crippen LogP contribution in [0, 0.1) is 5.41 Å². The molecule has 0 aromatic rings. The quantitative estimate of drug-likeness (QED) is 0.692. The normalized spacial score (nSPS) is 29.7. The summed E-state index contributed by atoms with van der Waals surface area (Å²) in [4.78, 5) is 0. The molecule has 2 aliphatic rings. The van der Waals surface area contributed by atoms with Crippen LogP contribution < -0.4 is 5.32 Å². The molecule has 18 heavy (non-hydrogen) atoms. The highest BCUT2D eigenvalue weighted by molar-refractivity contribution is 5.16. The van der Waals surface area contributed by atoms with Crippen molar-refractivity contribution < 1.29 is 0 Å². The van der Waals surface area contributed by atoms with Crippen LogP contribution in [-0.4, -0.2) is 12.1 Å². The Labute approximate surface area is 113 Å². The topological polar surface area (TPSA) is 12.0 Å². The fourth-order valence-corrected chi connectivity index (χ4v) is 3.51. The van der Waals surface area contributed by atoms with E-state index in [9.17, 15) is 0 Å². The summed E-state index contributed by atoms with van der Waals surface area (Å²) in [5, 5.41) is 3.96. The minimum atomic E-state index is 0.333. The molecule has 2 aliphatic carbocycles. The van der Waals surface area contributed by atoms with E-state index in [0.717, 1.165) is 6.04 Å². The smallest absolute Gasteiger partial charge is 0.0282 e. The summed E-state index contributed by atoms with van der Waals surface area (Å²) in [5.41, 5.74) is 2.03. The molecule has 0 spiro atoms. The zero-order valence-electron chi connectivity index (χ0n) is 12.6. The second-order valence-corrected chi connectivity index (χ2v) is 7.39. The van der Waals surface area contributed by atoms with Crippen LogP contribution in [0.3, 0.4) is 0 Å². The Bertz CT molecular complexity index is 278. The fourth-order valence-electron chi connectivity index (χ4n) is 3.51. The van der Waals surface area contributed by atoms with Crippen LogP contribution in [0.2, 0.25) is 0 Å². The fraction of sp³-hybridized carbons (Fsp3) is 0.882. The van der Waals surface area contributed by atoms with E-state index in [-0.39, 0.29) is 0 Å². The summed E-state index contributed by atoms with van der Waals surface area (Å²) in [6.45, 7) is 6.98. The lowest BCUT2D eigenvalue weighted by molar-refractivity contribution is 0.324. The molecule has 1 unspecified atom stereocenters. The first-order valence-corrected chi connectivity index (χ1v) is 8.02. The molecule has 1 heteroatoms. The van der Waals surface area contributed by atoms with Gasteiger partial charge in [-0.2, -0.15) is 0 Å². The van der Waals surface area contributed by atoms with Gasteiger partial charge in [0.15, 0.2) is 0 Å². The molecule has 104 valence electrons. The molecule has 0 heterocycles. The second kappa shape index (κ2) is 6.23. The highest BCUT2D eigenvalue weighted by Gasteiger charge is 2.24. The molecule has 0 bridgehead atoms. The Kier molecular flexibility index (Phi) is 4.89. The molecule has 0 radical (unpaired) electrons. The summed E-state index contributed by atoms with van der Waals surface area (Å²) >= 11 is 0. The minimum Gasteiger partial charge on any atom is -0.307 e. The lowest BCUT2D eigenvalue weighted by atomic mass is 9.83. The van der Waals surface area contributed by atoms with Gasteiger partial charge in [-0.15, -0.1) is 0 Å².